The molecule has 1 aliphatic carbocycles. The van der Waals surface area contributed by atoms with Crippen LogP contribution < -0.4 is 5.32 Å². The van der Waals surface area contributed by atoms with Gasteiger partial charge in [-0.1, -0.05) is 30.3 Å². The van der Waals surface area contributed by atoms with Crippen molar-refractivity contribution in [1.82, 2.24) is 10.3 Å². The molecule has 0 fully saturated rings. The summed E-state index contributed by atoms with van der Waals surface area (Å²) in [6.07, 6.45) is 1.87. The van der Waals surface area contributed by atoms with Crippen LogP contribution in [0.3, 0.4) is 0 Å². The minimum absolute atomic E-state index is 0.315. The Morgan fingerprint density at radius 1 is 1.21 bits per heavy atom. The zero-order valence-electron chi connectivity index (χ0n) is 14.3. The van der Waals surface area contributed by atoms with E-state index < -0.39 is 0 Å². The standard InChI is InChI=1S/C21H24N2O/c1-13-10-16(15-6-4-3-5-7-15)11-18-17-8-9-19(22-12-14(2)24)21(17)23-20(13)18/h3-7,10-11,14,19,22-24H,8-9,12H2,1-2H3/t14-,19?/m0/s1. The van der Waals surface area contributed by atoms with E-state index in [2.05, 4.69) is 59.7 Å². The number of rotatable bonds is 4. The molecule has 3 heteroatoms. The third-order valence-corrected chi connectivity index (χ3v) is 5.04. The van der Waals surface area contributed by atoms with E-state index in [0.717, 1.165) is 12.8 Å². The van der Waals surface area contributed by atoms with Gasteiger partial charge in [0.15, 0.2) is 0 Å². The first kappa shape index (κ1) is 15.4. The quantitative estimate of drug-likeness (QED) is 0.678. The second-order valence-electron chi connectivity index (χ2n) is 6.95. The molecule has 24 heavy (non-hydrogen) atoms. The number of aromatic nitrogens is 1. The lowest BCUT2D eigenvalue weighted by atomic mass is 9.99. The van der Waals surface area contributed by atoms with Crippen molar-refractivity contribution in [3.8, 4) is 11.1 Å². The highest BCUT2D eigenvalue weighted by atomic mass is 16.3. The predicted molar refractivity (Wildman–Crippen MR) is 99.2 cm³/mol. The Balaban J connectivity index is 1.77. The summed E-state index contributed by atoms with van der Waals surface area (Å²) < 4.78 is 0. The number of aryl methyl sites for hydroxylation is 2. The molecular weight excluding hydrogens is 296 g/mol. The molecule has 3 N–H and O–H groups in total. The number of hydrogen-bond donors (Lipinski definition) is 3. The molecule has 1 aromatic heterocycles. The summed E-state index contributed by atoms with van der Waals surface area (Å²) >= 11 is 0. The lowest BCUT2D eigenvalue weighted by molar-refractivity contribution is 0.186. The summed E-state index contributed by atoms with van der Waals surface area (Å²) in [7, 11) is 0. The minimum atomic E-state index is -0.315. The lowest BCUT2D eigenvalue weighted by Gasteiger charge is -2.14. The molecular formula is C21H24N2O. The number of fused-ring (bicyclic) bond motifs is 3. The Hall–Kier alpha value is -2.10. The van der Waals surface area contributed by atoms with Gasteiger partial charge in [-0.2, -0.15) is 0 Å². The molecule has 0 amide bonds. The second kappa shape index (κ2) is 6.08. The highest BCUT2D eigenvalue weighted by Gasteiger charge is 2.27. The molecule has 2 aromatic carbocycles. The average Bonchev–Trinajstić information content (AvgIpc) is 3.14. The molecule has 2 atom stereocenters. The van der Waals surface area contributed by atoms with Crippen molar-refractivity contribution in [2.45, 2.75) is 38.8 Å². The molecule has 0 saturated heterocycles. The van der Waals surface area contributed by atoms with Crippen LogP contribution in [0.15, 0.2) is 42.5 Å². The second-order valence-corrected chi connectivity index (χ2v) is 6.95. The number of benzene rings is 2. The largest absolute Gasteiger partial charge is 0.392 e. The fraction of sp³-hybridized carbons (Fsp3) is 0.333. The predicted octanol–water partition coefficient (Wildman–Crippen LogP) is 4.10. The molecule has 0 saturated carbocycles. The molecule has 0 bridgehead atoms. The minimum Gasteiger partial charge on any atom is -0.392 e. The zero-order valence-corrected chi connectivity index (χ0v) is 14.3. The molecule has 3 nitrogen and oxygen atoms in total. The van der Waals surface area contributed by atoms with Crippen LogP contribution in [-0.4, -0.2) is 22.7 Å². The van der Waals surface area contributed by atoms with Gasteiger partial charge in [0, 0.05) is 29.2 Å². The van der Waals surface area contributed by atoms with Gasteiger partial charge in [0.2, 0.25) is 0 Å². The number of aliphatic hydroxyl groups excluding tert-OH is 1. The van der Waals surface area contributed by atoms with Crippen LogP contribution in [0.2, 0.25) is 0 Å². The number of aliphatic hydroxyl groups is 1. The molecule has 0 radical (unpaired) electrons. The van der Waals surface area contributed by atoms with Crippen molar-refractivity contribution in [2.75, 3.05) is 6.54 Å². The van der Waals surface area contributed by atoms with E-state index in [1.54, 1.807) is 0 Å². The van der Waals surface area contributed by atoms with Crippen molar-refractivity contribution in [3.63, 3.8) is 0 Å². The molecule has 0 aliphatic heterocycles. The van der Waals surface area contributed by atoms with Crippen LogP contribution in [0, 0.1) is 6.92 Å². The fourth-order valence-corrected chi connectivity index (χ4v) is 3.86. The molecule has 0 spiro atoms. The van der Waals surface area contributed by atoms with Gasteiger partial charge in [0.05, 0.1) is 6.10 Å². The maximum Gasteiger partial charge on any atom is 0.0636 e. The van der Waals surface area contributed by atoms with E-state index in [4.69, 9.17) is 0 Å². The van der Waals surface area contributed by atoms with Gasteiger partial charge in [0.25, 0.3) is 0 Å². The number of H-pyrrole nitrogens is 1. The van der Waals surface area contributed by atoms with Crippen molar-refractivity contribution in [1.29, 1.82) is 0 Å². The molecule has 1 aliphatic rings. The van der Waals surface area contributed by atoms with E-state index in [9.17, 15) is 5.11 Å². The van der Waals surface area contributed by atoms with Crippen LogP contribution in [0.25, 0.3) is 22.0 Å². The van der Waals surface area contributed by atoms with Crippen LogP contribution in [0.5, 0.6) is 0 Å². The summed E-state index contributed by atoms with van der Waals surface area (Å²) in [5.74, 6) is 0. The summed E-state index contributed by atoms with van der Waals surface area (Å²) in [5.41, 5.74) is 7.83. The van der Waals surface area contributed by atoms with Crippen molar-refractivity contribution < 1.29 is 5.11 Å². The van der Waals surface area contributed by atoms with Crippen LogP contribution in [0.4, 0.5) is 0 Å². The molecule has 4 rings (SSSR count). The SMILES string of the molecule is Cc1cc(-c2ccccc2)cc2c3c([nH]c12)C(NC[C@H](C)O)CC3. The maximum absolute atomic E-state index is 9.53. The van der Waals surface area contributed by atoms with Crippen LogP contribution >= 0.6 is 0 Å². The summed E-state index contributed by atoms with van der Waals surface area (Å²) in [6, 6.07) is 15.5. The first-order chi connectivity index (χ1) is 11.6. The van der Waals surface area contributed by atoms with Gasteiger partial charge < -0.3 is 15.4 Å². The van der Waals surface area contributed by atoms with Gasteiger partial charge in [-0.25, -0.2) is 0 Å². The van der Waals surface area contributed by atoms with E-state index in [1.807, 2.05) is 6.92 Å². The van der Waals surface area contributed by atoms with Crippen molar-refractivity contribution >= 4 is 10.9 Å². The van der Waals surface area contributed by atoms with Crippen molar-refractivity contribution in [3.05, 3.63) is 59.3 Å². The number of hydrogen-bond acceptors (Lipinski definition) is 2. The van der Waals surface area contributed by atoms with Crippen LogP contribution in [-0.2, 0) is 6.42 Å². The van der Waals surface area contributed by atoms with Crippen molar-refractivity contribution in [2.24, 2.45) is 0 Å². The lowest BCUT2D eigenvalue weighted by Crippen LogP contribution is -2.27. The zero-order chi connectivity index (χ0) is 16.7. The Labute approximate surface area is 142 Å². The van der Waals surface area contributed by atoms with E-state index in [1.165, 1.54) is 38.9 Å². The topological polar surface area (TPSA) is 48.0 Å². The molecule has 1 heterocycles. The third kappa shape index (κ3) is 2.64. The highest BCUT2D eigenvalue weighted by molar-refractivity contribution is 5.92. The van der Waals surface area contributed by atoms with Gasteiger partial charge in [-0.05, 0) is 61.1 Å². The van der Waals surface area contributed by atoms with E-state index >= 15 is 0 Å². The molecule has 3 aromatic rings. The van der Waals surface area contributed by atoms with E-state index in [0.29, 0.717) is 12.6 Å². The summed E-state index contributed by atoms with van der Waals surface area (Å²) in [6.45, 7) is 4.64. The Morgan fingerprint density at radius 2 is 2.00 bits per heavy atom. The summed E-state index contributed by atoms with van der Waals surface area (Å²) in [4.78, 5) is 3.65. The monoisotopic (exact) mass is 320 g/mol. The first-order valence-corrected chi connectivity index (χ1v) is 8.75. The Bertz CT molecular complexity index is 864. The van der Waals surface area contributed by atoms with Gasteiger partial charge in [-0.3, -0.25) is 0 Å². The Kier molecular flexibility index (Phi) is 3.91. The first-order valence-electron chi connectivity index (χ1n) is 8.75. The normalized spacial score (nSPS) is 18.0. The molecule has 1 unspecified atom stereocenters. The van der Waals surface area contributed by atoms with Gasteiger partial charge in [0.1, 0.15) is 0 Å². The van der Waals surface area contributed by atoms with Crippen LogP contribution in [0.1, 0.15) is 36.2 Å². The fourth-order valence-electron chi connectivity index (χ4n) is 3.86. The number of nitrogens with one attached hydrogen (secondary N) is 2. The van der Waals surface area contributed by atoms with E-state index in [-0.39, 0.29) is 6.10 Å². The maximum atomic E-state index is 9.53. The van der Waals surface area contributed by atoms with Gasteiger partial charge >= 0.3 is 0 Å². The smallest absolute Gasteiger partial charge is 0.0636 e. The number of aromatic amines is 1. The third-order valence-electron chi connectivity index (χ3n) is 5.04. The molecule has 124 valence electrons. The average molecular weight is 320 g/mol. The van der Waals surface area contributed by atoms with Gasteiger partial charge in [-0.15, -0.1) is 0 Å². The Morgan fingerprint density at radius 3 is 2.75 bits per heavy atom. The highest BCUT2D eigenvalue weighted by Crippen LogP contribution is 2.39. The summed E-state index contributed by atoms with van der Waals surface area (Å²) in [5, 5.41) is 14.4.